The highest BCUT2D eigenvalue weighted by Crippen LogP contribution is 2.36. The van der Waals surface area contributed by atoms with Gasteiger partial charge in [-0.25, -0.2) is 0 Å². The molecule has 0 fully saturated rings. The molecule has 0 radical (unpaired) electrons. The van der Waals surface area contributed by atoms with Crippen LogP contribution in [0.25, 0.3) is 11.5 Å². The van der Waals surface area contributed by atoms with E-state index in [0.29, 0.717) is 33.5 Å². The maximum Gasteiger partial charge on any atom is 0.313 e. The molecule has 0 aliphatic heterocycles. The number of halogens is 1. The topological polar surface area (TPSA) is 95.7 Å². The van der Waals surface area contributed by atoms with Gasteiger partial charge in [-0.3, -0.25) is 4.79 Å². The zero-order valence-electron chi connectivity index (χ0n) is 14.8. The highest BCUT2D eigenvalue weighted by molar-refractivity contribution is 6.32. The van der Waals surface area contributed by atoms with E-state index in [2.05, 4.69) is 15.5 Å². The van der Waals surface area contributed by atoms with Crippen LogP contribution >= 0.6 is 11.6 Å². The molecule has 140 valence electrons. The fourth-order valence-electron chi connectivity index (χ4n) is 2.38. The maximum absolute atomic E-state index is 12.5. The Balaban J connectivity index is 1.87. The zero-order valence-corrected chi connectivity index (χ0v) is 15.5. The molecule has 3 rings (SSSR count). The maximum atomic E-state index is 12.5. The smallest absolute Gasteiger partial charge is 0.313 e. The van der Waals surface area contributed by atoms with E-state index >= 15 is 0 Å². The standard InChI is InChI=1S/C18H16ClN3O5/c1-24-13-7-5-4-6-10(13)17-21-22-18(27-17)16(23)20-12-9-14(25-2)11(19)8-15(12)26-3/h4-9H,1-3H3,(H,20,23). The molecule has 3 aromatic rings. The molecule has 1 N–H and O–H groups in total. The van der Waals surface area contributed by atoms with Gasteiger partial charge in [-0.15, -0.1) is 10.2 Å². The van der Waals surface area contributed by atoms with Gasteiger partial charge in [-0.05, 0) is 12.1 Å². The van der Waals surface area contributed by atoms with E-state index in [9.17, 15) is 4.79 Å². The summed E-state index contributed by atoms with van der Waals surface area (Å²) in [6.45, 7) is 0. The van der Waals surface area contributed by atoms with E-state index in [0.717, 1.165) is 0 Å². The Bertz CT molecular complexity index is 973. The third-order valence-corrected chi connectivity index (χ3v) is 3.97. The number of amides is 1. The SMILES string of the molecule is COc1cc(NC(=O)c2nnc(-c3ccccc3OC)o2)c(OC)cc1Cl. The average molecular weight is 390 g/mol. The van der Waals surface area contributed by atoms with Crippen LogP contribution in [-0.2, 0) is 0 Å². The Morgan fingerprint density at radius 2 is 1.70 bits per heavy atom. The van der Waals surface area contributed by atoms with Crippen LogP contribution in [0.5, 0.6) is 17.2 Å². The summed E-state index contributed by atoms with van der Waals surface area (Å²) in [6, 6.07) is 10.2. The van der Waals surface area contributed by atoms with E-state index in [4.69, 9.17) is 30.2 Å². The van der Waals surface area contributed by atoms with Crippen LogP contribution < -0.4 is 19.5 Å². The summed E-state index contributed by atoms with van der Waals surface area (Å²) in [5.74, 6) is 0.639. The number of hydrogen-bond acceptors (Lipinski definition) is 7. The number of carbonyl (C=O) groups excluding carboxylic acids is 1. The second-order valence-electron chi connectivity index (χ2n) is 5.25. The lowest BCUT2D eigenvalue weighted by Gasteiger charge is -2.12. The Morgan fingerprint density at radius 1 is 1.00 bits per heavy atom. The number of para-hydroxylation sites is 1. The van der Waals surface area contributed by atoms with Crippen LogP contribution in [0.3, 0.4) is 0 Å². The Kier molecular flexibility index (Phi) is 5.46. The molecule has 0 saturated carbocycles. The van der Waals surface area contributed by atoms with E-state index in [1.54, 1.807) is 18.2 Å². The molecular formula is C18H16ClN3O5. The summed E-state index contributed by atoms with van der Waals surface area (Å²) in [4.78, 5) is 12.5. The Labute approximate surface area is 160 Å². The highest BCUT2D eigenvalue weighted by atomic mass is 35.5. The number of ether oxygens (including phenoxy) is 3. The number of nitrogens with one attached hydrogen (secondary N) is 1. The van der Waals surface area contributed by atoms with Gasteiger partial charge in [0, 0.05) is 12.1 Å². The van der Waals surface area contributed by atoms with Gasteiger partial charge in [0.15, 0.2) is 0 Å². The largest absolute Gasteiger partial charge is 0.496 e. The summed E-state index contributed by atoms with van der Waals surface area (Å²) in [5, 5.41) is 10.7. The molecule has 0 saturated heterocycles. The number of rotatable bonds is 6. The van der Waals surface area contributed by atoms with Gasteiger partial charge in [-0.1, -0.05) is 23.7 Å². The normalized spacial score (nSPS) is 10.4. The molecule has 0 spiro atoms. The van der Waals surface area contributed by atoms with Gasteiger partial charge in [0.05, 0.1) is 37.6 Å². The summed E-state index contributed by atoms with van der Waals surface area (Å²) in [5.41, 5.74) is 0.929. The van der Waals surface area contributed by atoms with Crippen molar-refractivity contribution in [3.63, 3.8) is 0 Å². The Hall–Kier alpha value is -3.26. The minimum absolute atomic E-state index is 0.165. The number of hydrogen-bond donors (Lipinski definition) is 1. The molecule has 8 nitrogen and oxygen atoms in total. The molecular weight excluding hydrogens is 374 g/mol. The molecule has 0 aliphatic carbocycles. The first-order valence-electron chi connectivity index (χ1n) is 7.77. The van der Waals surface area contributed by atoms with Crippen molar-refractivity contribution < 1.29 is 23.4 Å². The molecule has 0 unspecified atom stereocenters. The van der Waals surface area contributed by atoms with Gasteiger partial charge in [0.25, 0.3) is 5.89 Å². The second kappa shape index (κ2) is 7.96. The highest BCUT2D eigenvalue weighted by Gasteiger charge is 2.20. The number of benzene rings is 2. The second-order valence-corrected chi connectivity index (χ2v) is 5.66. The molecule has 1 heterocycles. The van der Waals surface area contributed by atoms with Crippen LogP contribution in [0.2, 0.25) is 5.02 Å². The minimum Gasteiger partial charge on any atom is -0.496 e. The first-order valence-corrected chi connectivity index (χ1v) is 8.15. The first-order chi connectivity index (χ1) is 13.1. The van der Waals surface area contributed by atoms with Crippen molar-refractivity contribution in [2.75, 3.05) is 26.6 Å². The number of anilines is 1. The number of nitrogens with zero attached hydrogens (tertiary/aromatic N) is 2. The summed E-state index contributed by atoms with van der Waals surface area (Å²) < 4.78 is 21.1. The molecule has 27 heavy (non-hydrogen) atoms. The fraction of sp³-hybridized carbons (Fsp3) is 0.167. The van der Waals surface area contributed by atoms with E-state index < -0.39 is 5.91 Å². The first kappa shape index (κ1) is 18.5. The van der Waals surface area contributed by atoms with Gasteiger partial charge >= 0.3 is 11.8 Å². The van der Waals surface area contributed by atoms with Crippen LogP contribution in [0.4, 0.5) is 5.69 Å². The fourth-order valence-corrected chi connectivity index (χ4v) is 2.61. The van der Waals surface area contributed by atoms with Crippen molar-refractivity contribution in [2.24, 2.45) is 0 Å². The van der Waals surface area contributed by atoms with E-state index in [-0.39, 0.29) is 11.8 Å². The average Bonchev–Trinajstić information content (AvgIpc) is 3.19. The predicted octanol–water partition coefficient (Wildman–Crippen LogP) is 3.67. The summed E-state index contributed by atoms with van der Waals surface area (Å²) >= 11 is 6.06. The summed E-state index contributed by atoms with van der Waals surface area (Å²) in [7, 11) is 4.46. The lowest BCUT2D eigenvalue weighted by molar-refractivity contribution is 0.0990. The van der Waals surface area contributed by atoms with E-state index in [1.807, 2.05) is 6.07 Å². The monoisotopic (exact) mass is 389 g/mol. The molecule has 0 atom stereocenters. The summed E-state index contributed by atoms with van der Waals surface area (Å²) in [6.07, 6.45) is 0. The number of methoxy groups -OCH3 is 3. The third-order valence-electron chi connectivity index (χ3n) is 3.68. The van der Waals surface area contributed by atoms with Crippen LogP contribution in [0, 0.1) is 0 Å². The molecule has 2 aromatic carbocycles. The number of carbonyl (C=O) groups is 1. The molecule has 9 heteroatoms. The Morgan fingerprint density at radius 3 is 2.41 bits per heavy atom. The van der Waals surface area contributed by atoms with Gasteiger partial charge in [0.2, 0.25) is 0 Å². The van der Waals surface area contributed by atoms with Crippen molar-refractivity contribution in [2.45, 2.75) is 0 Å². The molecule has 1 aromatic heterocycles. The van der Waals surface area contributed by atoms with Crippen LogP contribution in [0.1, 0.15) is 10.7 Å². The van der Waals surface area contributed by atoms with Crippen molar-refractivity contribution in [1.29, 1.82) is 0 Å². The van der Waals surface area contributed by atoms with Crippen LogP contribution in [0.15, 0.2) is 40.8 Å². The van der Waals surface area contributed by atoms with Crippen molar-refractivity contribution in [3.05, 3.63) is 47.3 Å². The molecule has 1 amide bonds. The van der Waals surface area contributed by atoms with Crippen LogP contribution in [-0.4, -0.2) is 37.4 Å². The number of aromatic nitrogens is 2. The lowest BCUT2D eigenvalue weighted by atomic mass is 10.2. The lowest BCUT2D eigenvalue weighted by Crippen LogP contribution is -2.13. The minimum atomic E-state index is -0.605. The van der Waals surface area contributed by atoms with Crippen molar-refractivity contribution in [1.82, 2.24) is 10.2 Å². The van der Waals surface area contributed by atoms with Gasteiger partial charge in [-0.2, -0.15) is 0 Å². The van der Waals surface area contributed by atoms with Crippen molar-refractivity contribution in [3.8, 4) is 28.7 Å². The zero-order chi connectivity index (χ0) is 19.4. The van der Waals surface area contributed by atoms with Crippen molar-refractivity contribution >= 4 is 23.2 Å². The predicted molar refractivity (Wildman–Crippen MR) is 98.8 cm³/mol. The third kappa shape index (κ3) is 3.80. The van der Waals surface area contributed by atoms with Gasteiger partial charge in [0.1, 0.15) is 17.2 Å². The van der Waals surface area contributed by atoms with E-state index in [1.165, 1.54) is 33.5 Å². The quantitative estimate of drug-likeness (QED) is 0.687. The van der Waals surface area contributed by atoms with Gasteiger partial charge < -0.3 is 23.9 Å². The molecule has 0 bridgehead atoms. The molecule has 0 aliphatic rings.